The number of rotatable bonds is 3. The zero-order valence-electron chi connectivity index (χ0n) is 13.6. The number of para-hydroxylation sites is 1. The van der Waals surface area contributed by atoms with Crippen LogP contribution >= 0.6 is 11.6 Å². The second-order valence-electron chi connectivity index (χ2n) is 6.08. The Labute approximate surface area is 155 Å². The molecule has 3 aromatic rings. The highest BCUT2D eigenvalue weighted by atomic mass is 35.5. The number of imidazole rings is 1. The number of benzene rings is 2. The van der Waals surface area contributed by atoms with Gasteiger partial charge in [-0.05, 0) is 30.2 Å². The van der Waals surface area contributed by atoms with Crippen molar-refractivity contribution in [2.45, 2.75) is 17.4 Å². The first-order valence-corrected chi connectivity index (χ1v) is 9.82. The quantitative estimate of drug-likeness (QED) is 0.684. The first kappa shape index (κ1) is 17.1. The van der Waals surface area contributed by atoms with Gasteiger partial charge in [0.05, 0.1) is 29.6 Å². The highest BCUT2D eigenvalue weighted by Crippen LogP contribution is 2.36. The van der Waals surface area contributed by atoms with Crippen molar-refractivity contribution in [1.29, 1.82) is 0 Å². The molecule has 0 unspecified atom stereocenters. The average molecular weight is 392 g/mol. The van der Waals surface area contributed by atoms with Gasteiger partial charge in [0.1, 0.15) is 4.90 Å². The molecule has 1 aromatic heterocycles. The second kappa shape index (κ2) is 6.41. The first-order chi connectivity index (χ1) is 12.5. The molecule has 0 fully saturated rings. The first-order valence-electron chi connectivity index (χ1n) is 8.00. The number of nitrogens with zero attached hydrogens (tertiary/aromatic N) is 3. The molecule has 0 radical (unpaired) electrons. The molecule has 8 heteroatoms. The van der Waals surface area contributed by atoms with Crippen LogP contribution in [0.2, 0.25) is 5.02 Å². The molecule has 2 aromatic carbocycles. The Kier molecular flexibility index (Phi) is 4.20. The Hall–Kier alpha value is -2.38. The van der Waals surface area contributed by atoms with E-state index in [1.807, 2.05) is 16.7 Å². The molecule has 1 aliphatic heterocycles. The Morgan fingerprint density at radius 3 is 2.73 bits per heavy atom. The summed E-state index contributed by atoms with van der Waals surface area (Å²) < 4.78 is 44.0. The van der Waals surface area contributed by atoms with Crippen LogP contribution in [-0.4, -0.2) is 24.5 Å². The molecule has 0 saturated heterocycles. The fourth-order valence-electron chi connectivity index (χ4n) is 3.25. The summed E-state index contributed by atoms with van der Waals surface area (Å²) in [6.07, 6.45) is 5.76. The number of fused-ring (bicyclic) bond motifs is 1. The summed E-state index contributed by atoms with van der Waals surface area (Å²) >= 11 is 5.80. The van der Waals surface area contributed by atoms with Crippen LogP contribution in [-0.2, 0) is 16.4 Å². The Balaban J connectivity index is 1.85. The van der Waals surface area contributed by atoms with Crippen LogP contribution in [0.3, 0.4) is 0 Å². The van der Waals surface area contributed by atoms with Gasteiger partial charge in [-0.1, -0.05) is 35.9 Å². The van der Waals surface area contributed by atoms with Gasteiger partial charge < -0.3 is 4.57 Å². The van der Waals surface area contributed by atoms with Crippen molar-refractivity contribution in [3.05, 3.63) is 77.6 Å². The Morgan fingerprint density at radius 2 is 1.96 bits per heavy atom. The molecule has 0 bridgehead atoms. The SMILES string of the molecule is O=S(=O)(c1cccc(Cl)c1F)N1C[C@@H](n2ccnc2)Cc2ccccc21. The number of aromatic nitrogens is 2. The minimum Gasteiger partial charge on any atom is -0.332 e. The highest BCUT2D eigenvalue weighted by Gasteiger charge is 2.35. The van der Waals surface area contributed by atoms with E-state index >= 15 is 0 Å². The van der Waals surface area contributed by atoms with Crippen LogP contribution in [0.4, 0.5) is 10.1 Å². The molecular formula is C18H15ClFN3O2S. The number of anilines is 1. The van der Waals surface area contributed by atoms with Crippen LogP contribution < -0.4 is 4.31 Å². The summed E-state index contributed by atoms with van der Waals surface area (Å²) in [5.74, 6) is -0.934. The monoisotopic (exact) mass is 391 g/mol. The van der Waals surface area contributed by atoms with Gasteiger partial charge in [0, 0.05) is 12.4 Å². The van der Waals surface area contributed by atoms with Gasteiger partial charge in [-0.3, -0.25) is 4.31 Å². The lowest BCUT2D eigenvalue weighted by molar-refractivity contribution is 0.485. The maximum atomic E-state index is 14.4. The van der Waals surface area contributed by atoms with Gasteiger partial charge in [0.2, 0.25) is 0 Å². The van der Waals surface area contributed by atoms with E-state index in [-0.39, 0.29) is 17.6 Å². The van der Waals surface area contributed by atoms with Crippen molar-refractivity contribution in [3.63, 3.8) is 0 Å². The molecule has 0 amide bonds. The Morgan fingerprint density at radius 1 is 1.15 bits per heavy atom. The number of halogens is 2. The molecule has 26 heavy (non-hydrogen) atoms. The molecule has 134 valence electrons. The summed E-state index contributed by atoms with van der Waals surface area (Å²) in [6, 6.07) is 11.1. The van der Waals surface area contributed by atoms with Crippen LogP contribution in [0.15, 0.2) is 66.1 Å². The van der Waals surface area contributed by atoms with Crippen LogP contribution in [0.25, 0.3) is 0 Å². The number of sulfonamides is 1. The van der Waals surface area contributed by atoms with E-state index in [4.69, 9.17) is 11.6 Å². The largest absolute Gasteiger partial charge is 0.332 e. The zero-order chi connectivity index (χ0) is 18.3. The van der Waals surface area contributed by atoms with E-state index < -0.39 is 20.7 Å². The predicted molar refractivity (Wildman–Crippen MR) is 97.4 cm³/mol. The Bertz CT molecular complexity index is 1050. The normalized spacial score (nSPS) is 17.2. The molecule has 0 spiro atoms. The summed E-state index contributed by atoms with van der Waals surface area (Å²) in [6.45, 7) is 0.182. The minimum absolute atomic E-state index is 0.135. The molecule has 1 atom stereocenters. The third kappa shape index (κ3) is 2.77. The van der Waals surface area contributed by atoms with Gasteiger partial charge in [-0.2, -0.15) is 0 Å². The van der Waals surface area contributed by atoms with E-state index in [0.29, 0.717) is 12.1 Å². The fourth-order valence-corrected chi connectivity index (χ4v) is 5.11. The van der Waals surface area contributed by atoms with E-state index in [1.165, 1.54) is 22.5 Å². The molecule has 0 N–H and O–H groups in total. The number of hydrogen-bond acceptors (Lipinski definition) is 3. The summed E-state index contributed by atoms with van der Waals surface area (Å²) in [4.78, 5) is 3.62. The van der Waals surface area contributed by atoms with Crippen LogP contribution in [0, 0.1) is 5.82 Å². The third-order valence-electron chi connectivity index (χ3n) is 4.52. The van der Waals surface area contributed by atoms with E-state index in [1.54, 1.807) is 30.9 Å². The van der Waals surface area contributed by atoms with Crippen molar-refractivity contribution < 1.29 is 12.8 Å². The van der Waals surface area contributed by atoms with E-state index in [0.717, 1.165) is 5.56 Å². The number of hydrogen-bond donors (Lipinski definition) is 0. The van der Waals surface area contributed by atoms with E-state index in [9.17, 15) is 12.8 Å². The van der Waals surface area contributed by atoms with Crippen LogP contribution in [0.1, 0.15) is 11.6 Å². The average Bonchev–Trinajstić information content (AvgIpc) is 3.17. The molecule has 1 aliphatic rings. The summed E-state index contributed by atoms with van der Waals surface area (Å²) in [5.41, 5.74) is 1.44. The maximum absolute atomic E-state index is 14.4. The highest BCUT2D eigenvalue weighted by molar-refractivity contribution is 7.92. The molecule has 2 heterocycles. The lowest BCUT2D eigenvalue weighted by Crippen LogP contribution is -2.41. The van der Waals surface area contributed by atoms with Gasteiger partial charge in [0.15, 0.2) is 5.82 Å². The van der Waals surface area contributed by atoms with Gasteiger partial charge in [-0.15, -0.1) is 0 Å². The van der Waals surface area contributed by atoms with Gasteiger partial charge >= 0.3 is 0 Å². The second-order valence-corrected chi connectivity index (χ2v) is 8.32. The van der Waals surface area contributed by atoms with Crippen molar-refractivity contribution in [1.82, 2.24) is 9.55 Å². The molecule has 0 saturated carbocycles. The smallest absolute Gasteiger partial charge is 0.267 e. The summed E-state index contributed by atoms with van der Waals surface area (Å²) in [7, 11) is -4.11. The summed E-state index contributed by atoms with van der Waals surface area (Å²) in [5, 5.41) is -0.220. The lowest BCUT2D eigenvalue weighted by Gasteiger charge is -2.35. The standard InChI is InChI=1S/C18H15ClFN3O2S/c19-15-5-3-7-17(18(15)20)26(24,25)23-11-14(22-9-8-21-12-22)10-13-4-1-2-6-16(13)23/h1-9,12,14H,10-11H2/t14-/m0/s1. The molecule has 0 aliphatic carbocycles. The van der Waals surface area contributed by atoms with Crippen molar-refractivity contribution >= 4 is 27.3 Å². The van der Waals surface area contributed by atoms with Crippen molar-refractivity contribution in [3.8, 4) is 0 Å². The molecular weight excluding hydrogens is 377 g/mol. The predicted octanol–water partition coefficient (Wildman–Crippen LogP) is 3.67. The lowest BCUT2D eigenvalue weighted by atomic mass is 10.00. The van der Waals surface area contributed by atoms with Crippen LogP contribution in [0.5, 0.6) is 0 Å². The van der Waals surface area contributed by atoms with Gasteiger partial charge in [0.25, 0.3) is 10.0 Å². The van der Waals surface area contributed by atoms with Crippen molar-refractivity contribution in [2.24, 2.45) is 0 Å². The third-order valence-corrected chi connectivity index (χ3v) is 6.61. The molecule has 5 nitrogen and oxygen atoms in total. The zero-order valence-corrected chi connectivity index (χ0v) is 15.2. The molecule has 4 rings (SSSR count). The van der Waals surface area contributed by atoms with Gasteiger partial charge in [-0.25, -0.2) is 17.8 Å². The van der Waals surface area contributed by atoms with E-state index in [2.05, 4.69) is 4.98 Å². The topological polar surface area (TPSA) is 55.2 Å². The van der Waals surface area contributed by atoms with Crippen molar-refractivity contribution in [2.75, 3.05) is 10.8 Å². The maximum Gasteiger partial charge on any atom is 0.267 e. The minimum atomic E-state index is -4.11. The fraction of sp³-hybridized carbons (Fsp3) is 0.167.